The molecule has 1 aromatic heterocycles. The zero-order chi connectivity index (χ0) is 20.0. The zero-order valence-corrected chi connectivity index (χ0v) is 16.3. The highest BCUT2D eigenvalue weighted by Gasteiger charge is 2.19. The molecule has 0 saturated carbocycles. The second kappa shape index (κ2) is 6.61. The average molecular weight is 373 g/mol. The molecule has 3 nitrogen and oxygen atoms in total. The first-order chi connectivity index (χ1) is 14.2. The number of benzene rings is 4. The first-order valence-electron chi connectivity index (χ1n) is 9.62. The Kier molecular flexibility index (Phi) is 3.93. The summed E-state index contributed by atoms with van der Waals surface area (Å²) in [4.78, 5) is 8.68. The molecule has 0 aliphatic heterocycles. The molecule has 29 heavy (non-hydrogen) atoms. The predicted molar refractivity (Wildman–Crippen MR) is 120 cm³/mol. The predicted octanol–water partition coefficient (Wildman–Crippen LogP) is 7.01. The number of para-hydroxylation sites is 1. The van der Waals surface area contributed by atoms with Crippen molar-refractivity contribution in [3.63, 3.8) is 0 Å². The molecule has 1 heterocycles. The molecule has 0 unspecified atom stereocenters. The lowest BCUT2D eigenvalue weighted by Gasteiger charge is -2.16. The van der Waals surface area contributed by atoms with Crippen molar-refractivity contribution in [2.75, 3.05) is 0 Å². The number of hydrogen-bond donors (Lipinski definition) is 0. The van der Waals surface area contributed by atoms with Crippen LogP contribution in [-0.4, -0.2) is 9.55 Å². The number of imidazole rings is 1. The zero-order valence-electron chi connectivity index (χ0n) is 16.3. The van der Waals surface area contributed by atoms with E-state index in [1.807, 2.05) is 36.4 Å². The molecular weight excluding hydrogens is 354 g/mol. The van der Waals surface area contributed by atoms with Crippen molar-refractivity contribution in [1.82, 2.24) is 9.55 Å². The van der Waals surface area contributed by atoms with Crippen LogP contribution in [0.3, 0.4) is 0 Å². The van der Waals surface area contributed by atoms with E-state index in [9.17, 15) is 0 Å². The van der Waals surface area contributed by atoms with Crippen LogP contribution in [0.5, 0.6) is 0 Å². The van der Waals surface area contributed by atoms with Gasteiger partial charge in [-0.3, -0.25) is 4.57 Å². The largest absolute Gasteiger partial charge is 0.291 e. The van der Waals surface area contributed by atoms with Gasteiger partial charge in [0.1, 0.15) is 5.82 Å². The molecule has 0 spiro atoms. The lowest BCUT2D eigenvalue weighted by atomic mass is 10.1. The Bertz CT molecular complexity index is 1400. The van der Waals surface area contributed by atoms with Crippen molar-refractivity contribution in [3.8, 4) is 17.1 Å². The number of nitrogens with zero attached hydrogens (tertiary/aromatic N) is 3. The Morgan fingerprint density at radius 1 is 0.828 bits per heavy atom. The van der Waals surface area contributed by atoms with Gasteiger partial charge in [0.25, 0.3) is 0 Å². The molecule has 0 fully saturated rings. The summed E-state index contributed by atoms with van der Waals surface area (Å²) < 4.78 is 2.27. The summed E-state index contributed by atoms with van der Waals surface area (Å²) in [6, 6.07) is 26.7. The molecule has 0 bridgehead atoms. The van der Waals surface area contributed by atoms with Crippen LogP contribution in [0.4, 0.5) is 5.69 Å². The van der Waals surface area contributed by atoms with Crippen molar-refractivity contribution < 1.29 is 0 Å². The SMILES string of the molecule is [C-]#[N+]c1ccc2ccc3nc(-c4ccccc4)n(-c4c(C)cccc4C)c3c2c1. The summed E-state index contributed by atoms with van der Waals surface area (Å²) in [7, 11) is 0. The van der Waals surface area contributed by atoms with Crippen molar-refractivity contribution >= 4 is 27.5 Å². The Morgan fingerprint density at radius 3 is 2.28 bits per heavy atom. The van der Waals surface area contributed by atoms with Gasteiger partial charge >= 0.3 is 0 Å². The minimum atomic E-state index is 0.639. The first-order valence-corrected chi connectivity index (χ1v) is 9.62. The van der Waals surface area contributed by atoms with E-state index in [1.165, 1.54) is 11.1 Å². The standard InChI is InChI=1S/C26H19N3/c1-17-8-7-9-18(2)24(17)29-25-22-16-21(27-3)14-12-19(22)13-15-23(25)28-26(29)20-10-5-4-6-11-20/h4-16H,1-2H3. The molecule has 5 rings (SSSR count). The van der Waals surface area contributed by atoms with E-state index in [1.54, 1.807) is 0 Å². The van der Waals surface area contributed by atoms with Crippen LogP contribution in [-0.2, 0) is 0 Å². The van der Waals surface area contributed by atoms with E-state index in [-0.39, 0.29) is 0 Å². The molecule has 138 valence electrons. The summed E-state index contributed by atoms with van der Waals surface area (Å²) in [5.74, 6) is 0.915. The Morgan fingerprint density at radius 2 is 1.55 bits per heavy atom. The van der Waals surface area contributed by atoms with Crippen LogP contribution in [0.2, 0.25) is 0 Å². The summed E-state index contributed by atoms with van der Waals surface area (Å²) in [5.41, 5.74) is 7.22. The highest BCUT2D eigenvalue weighted by Crippen LogP contribution is 2.36. The van der Waals surface area contributed by atoms with E-state index >= 15 is 0 Å². The second-order valence-corrected chi connectivity index (χ2v) is 7.33. The Hall–Kier alpha value is -3.90. The van der Waals surface area contributed by atoms with E-state index < -0.39 is 0 Å². The molecule has 0 aliphatic carbocycles. The van der Waals surface area contributed by atoms with Gasteiger partial charge in [-0.15, -0.1) is 0 Å². The molecule has 0 N–H and O–H groups in total. The molecule has 0 aliphatic rings. The fraction of sp³-hybridized carbons (Fsp3) is 0.0769. The van der Waals surface area contributed by atoms with Crippen molar-refractivity contribution in [1.29, 1.82) is 0 Å². The molecule has 5 aromatic rings. The third-order valence-corrected chi connectivity index (χ3v) is 5.44. The van der Waals surface area contributed by atoms with Gasteiger partial charge in [0, 0.05) is 5.56 Å². The van der Waals surface area contributed by atoms with Crippen molar-refractivity contribution in [3.05, 3.63) is 101 Å². The van der Waals surface area contributed by atoms with E-state index in [2.05, 4.69) is 65.7 Å². The summed E-state index contributed by atoms with van der Waals surface area (Å²) in [6.45, 7) is 11.7. The molecular formula is C26H19N3. The van der Waals surface area contributed by atoms with Gasteiger partial charge in [0.05, 0.1) is 23.3 Å². The molecule has 0 saturated heterocycles. The van der Waals surface area contributed by atoms with Crippen LogP contribution < -0.4 is 0 Å². The maximum absolute atomic E-state index is 7.46. The number of hydrogen-bond acceptors (Lipinski definition) is 1. The van der Waals surface area contributed by atoms with Gasteiger partial charge in [-0.05, 0) is 47.9 Å². The molecule has 0 radical (unpaired) electrons. The van der Waals surface area contributed by atoms with Crippen LogP contribution in [0.25, 0.3) is 43.7 Å². The van der Waals surface area contributed by atoms with Gasteiger partial charge in [-0.25, -0.2) is 9.83 Å². The van der Waals surface area contributed by atoms with Gasteiger partial charge < -0.3 is 0 Å². The summed E-state index contributed by atoms with van der Waals surface area (Å²) in [5, 5.41) is 2.16. The van der Waals surface area contributed by atoms with E-state index in [4.69, 9.17) is 11.6 Å². The number of fused-ring (bicyclic) bond motifs is 3. The van der Waals surface area contributed by atoms with E-state index in [0.29, 0.717) is 5.69 Å². The van der Waals surface area contributed by atoms with Gasteiger partial charge in [-0.2, -0.15) is 0 Å². The fourth-order valence-electron chi connectivity index (χ4n) is 4.10. The minimum absolute atomic E-state index is 0.639. The quantitative estimate of drug-likeness (QED) is 0.305. The lowest BCUT2D eigenvalue weighted by molar-refractivity contribution is 1.07. The number of rotatable bonds is 2. The summed E-state index contributed by atoms with van der Waals surface area (Å²) in [6.07, 6.45) is 0. The third-order valence-electron chi connectivity index (χ3n) is 5.44. The van der Waals surface area contributed by atoms with Crippen molar-refractivity contribution in [2.45, 2.75) is 13.8 Å². The number of aromatic nitrogens is 2. The first kappa shape index (κ1) is 17.2. The highest BCUT2D eigenvalue weighted by molar-refractivity contribution is 6.07. The van der Waals surface area contributed by atoms with Crippen molar-refractivity contribution in [2.24, 2.45) is 0 Å². The third kappa shape index (κ3) is 2.69. The van der Waals surface area contributed by atoms with Crippen LogP contribution in [0.15, 0.2) is 78.9 Å². The Balaban J connectivity index is 2.01. The van der Waals surface area contributed by atoms with Crippen LogP contribution >= 0.6 is 0 Å². The second-order valence-electron chi connectivity index (χ2n) is 7.33. The maximum atomic E-state index is 7.46. The van der Waals surface area contributed by atoms with Crippen LogP contribution in [0, 0.1) is 20.4 Å². The topological polar surface area (TPSA) is 22.2 Å². The molecule has 3 heteroatoms. The summed E-state index contributed by atoms with van der Waals surface area (Å²) >= 11 is 0. The minimum Gasteiger partial charge on any atom is -0.291 e. The smallest absolute Gasteiger partial charge is 0.187 e. The molecule has 0 atom stereocenters. The Labute approximate surface area is 169 Å². The van der Waals surface area contributed by atoms with Gasteiger partial charge in [-0.1, -0.05) is 66.7 Å². The van der Waals surface area contributed by atoms with E-state index in [0.717, 1.165) is 38.9 Å². The van der Waals surface area contributed by atoms with Gasteiger partial charge in [0.2, 0.25) is 0 Å². The molecule has 4 aromatic carbocycles. The number of aryl methyl sites for hydroxylation is 2. The highest BCUT2D eigenvalue weighted by atomic mass is 15.1. The lowest BCUT2D eigenvalue weighted by Crippen LogP contribution is -2.02. The van der Waals surface area contributed by atoms with Gasteiger partial charge in [0.15, 0.2) is 5.69 Å². The van der Waals surface area contributed by atoms with Crippen LogP contribution in [0.1, 0.15) is 11.1 Å². The normalized spacial score (nSPS) is 11.1. The average Bonchev–Trinajstić information content (AvgIpc) is 3.14. The molecule has 0 amide bonds. The fourth-order valence-corrected chi connectivity index (χ4v) is 4.10. The monoisotopic (exact) mass is 373 g/mol. The maximum Gasteiger partial charge on any atom is 0.187 e.